The van der Waals surface area contributed by atoms with Crippen LogP contribution in [-0.4, -0.2) is 43.2 Å². The van der Waals surface area contributed by atoms with E-state index in [0.29, 0.717) is 25.6 Å². The molecule has 0 aromatic heterocycles. The van der Waals surface area contributed by atoms with E-state index in [9.17, 15) is 18.0 Å². The monoisotopic (exact) mass is 252 g/mol. The Bertz CT molecular complexity index is 248. The Morgan fingerprint density at radius 1 is 1.35 bits per heavy atom. The summed E-state index contributed by atoms with van der Waals surface area (Å²) in [5.74, 6) is 0.380. The predicted octanol–water partition coefficient (Wildman–Crippen LogP) is 1.79. The van der Waals surface area contributed by atoms with Crippen LogP contribution in [0.5, 0.6) is 0 Å². The molecule has 1 aliphatic rings. The van der Waals surface area contributed by atoms with Crippen molar-refractivity contribution in [1.29, 1.82) is 0 Å². The maximum Gasteiger partial charge on any atom is 0.401 e. The van der Waals surface area contributed by atoms with E-state index in [1.807, 2.05) is 0 Å². The number of alkyl halides is 3. The topological polar surface area (TPSA) is 32.3 Å². The molecule has 0 atom stereocenters. The molecule has 0 aliphatic carbocycles. The Kier molecular flexibility index (Phi) is 5.24. The second-order valence-electron chi connectivity index (χ2n) is 4.61. The fraction of sp³-hybridized carbons (Fsp3) is 0.909. The van der Waals surface area contributed by atoms with E-state index in [1.165, 1.54) is 11.8 Å². The molecule has 6 heteroatoms. The molecule has 0 aromatic rings. The van der Waals surface area contributed by atoms with Crippen molar-refractivity contribution in [2.75, 3.05) is 26.2 Å². The summed E-state index contributed by atoms with van der Waals surface area (Å²) >= 11 is 0. The number of hydrogen-bond acceptors (Lipinski definition) is 2. The third kappa shape index (κ3) is 6.51. The van der Waals surface area contributed by atoms with Gasteiger partial charge in [0.05, 0.1) is 6.54 Å². The normalized spacial score (nSPS) is 19.3. The molecule has 17 heavy (non-hydrogen) atoms. The van der Waals surface area contributed by atoms with Crippen LogP contribution in [0.1, 0.15) is 26.2 Å². The lowest BCUT2D eigenvalue weighted by atomic mass is 9.93. The van der Waals surface area contributed by atoms with Gasteiger partial charge >= 0.3 is 6.18 Å². The zero-order valence-electron chi connectivity index (χ0n) is 10.0. The molecular weight excluding hydrogens is 233 g/mol. The van der Waals surface area contributed by atoms with E-state index in [-0.39, 0.29) is 5.91 Å². The van der Waals surface area contributed by atoms with Crippen molar-refractivity contribution in [3.05, 3.63) is 0 Å². The highest BCUT2D eigenvalue weighted by molar-refractivity contribution is 5.72. The highest BCUT2D eigenvalue weighted by atomic mass is 19.4. The number of hydrogen-bond donors (Lipinski definition) is 1. The van der Waals surface area contributed by atoms with Crippen molar-refractivity contribution in [2.45, 2.75) is 32.4 Å². The fourth-order valence-corrected chi connectivity index (χ4v) is 2.14. The summed E-state index contributed by atoms with van der Waals surface area (Å²) in [7, 11) is 0. The summed E-state index contributed by atoms with van der Waals surface area (Å²) in [6.07, 6.45) is -1.66. The van der Waals surface area contributed by atoms with Gasteiger partial charge in [-0.15, -0.1) is 0 Å². The van der Waals surface area contributed by atoms with Crippen molar-refractivity contribution in [1.82, 2.24) is 10.2 Å². The first-order valence-electron chi connectivity index (χ1n) is 5.90. The van der Waals surface area contributed by atoms with Gasteiger partial charge in [-0.1, -0.05) is 0 Å². The third-order valence-electron chi connectivity index (χ3n) is 3.04. The highest BCUT2D eigenvalue weighted by Gasteiger charge is 2.32. The molecule has 1 fully saturated rings. The summed E-state index contributed by atoms with van der Waals surface area (Å²) in [6.45, 7) is 2.30. The summed E-state index contributed by atoms with van der Waals surface area (Å²) in [4.78, 5) is 12.1. The van der Waals surface area contributed by atoms with Gasteiger partial charge in [0.2, 0.25) is 5.91 Å². The van der Waals surface area contributed by atoms with E-state index in [0.717, 1.165) is 19.3 Å². The lowest BCUT2D eigenvalue weighted by Gasteiger charge is -2.32. The maximum absolute atomic E-state index is 12.1. The lowest BCUT2D eigenvalue weighted by molar-refractivity contribution is -0.148. The molecule has 0 radical (unpaired) electrons. The second-order valence-corrected chi connectivity index (χ2v) is 4.61. The summed E-state index contributed by atoms with van der Waals surface area (Å²) < 4.78 is 36.4. The quantitative estimate of drug-likeness (QED) is 0.827. The highest BCUT2D eigenvalue weighted by Crippen LogP contribution is 2.23. The minimum Gasteiger partial charge on any atom is -0.356 e. The number of nitrogens with one attached hydrogen (secondary N) is 1. The lowest BCUT2D eigenvalue weighted by Crippen LogP contribution is -2.40. The van der Waals surface area contributed by atoms with Crippen LogP contribution >= 0.6 is 0 Å². The Morgan fingerprint density at radius 3 is 2.41 bits per heavy atom. The van der Waals surface area contributed by atoms with E-state index >= 15 is 0 Å². The van der Waals surface area contributed by atoms with Crippen molar-refractivity contribution >= 4 is 5.91 Å². The van der Waals surface area contributed by atoms with E-state index < -0.39 is 12.7 Å². The fourth-order valence-electron chi connectivity index (χ4n) is 2.14. The smallest absolute Gasteiger partial charge is 0.356 e. The Hall–Kier alpha value is -0.780. The van der Waals surface area contributed by atoms with E-state index in [4.69, 9.17) is 0 Å². The molecule has 0 aromatic carbocycles. The first kappa shape index (κ1) is 14.3. The minimum atomic E-state index is -4.09. The molecule has 100 valence electrons. The van der Waals surface area contributed by atoms with Gasteiger partial charge in [0, 0.05) is 13.5 Å². The van der Waals surface area contributed by atoms with Gasteiger partial charge in [0.1, 0.15) is 0 Å². The van der Waals surface area contributed by atoms with Crippen LogP contribution < -0.4 is 5.32 Å². The number of amides is 1. The van der Waals surface area contributed by atoms with Crippen LogP contribution in [0.4, 0.5) is 13.2 Å². The Balaban J connectivity index is 2.15. The van der Waals surface area contributed by atoms with Crippen LogP contribution in [0.3, 0.4) is 0 Å². The molecule has 0 unspecified atom stereocenters. The molecule has 1 saturated heterocycles. The van der Waals surface area contributed by atoms with Crippen molar-refractivity contribution in [3.63, 3.8) is 0 Å². The molecule has 1 aliphatic heterocycles. The number of nitrogens with zero attached hydrogens (tertiary/aromatic N) is 1. The van der Waals surface area contributed by atoms with Gasteiger partial charge in [-0.3, -0.25) is 9.69 Å². The van der Waals surface area contributed by atoms with Crippen LogP contribution in [0.2, 0.25) is 0 Å². The van der Waals surface area contributed by atoms with Gasteiger partial charge in [0.25, 0.3) is 0 Å². The molecule has 1 heterocycles. The van der Waals surface area contributed by atoms with Crippen molar-refractivity contribution in [2.24, 2.45) is 5.92 Å². The van der Waals surface area contributed by atoms with E-state index in [1.54, 1.807) is 0 Å². The molecule has 0 spiro atoms. The second kappa shape index (κ2) is 6.23. The molecule has 1 N–H and O–H groups in total. The van der Waals surface area contributed by atoms with Crippen LogP contribution in [0.25, 0.3) is 0 Å². The van der Waals surface area contributed by atoms with Crippen molar-refractivity contribution < 1.29 is 18.0 Å². The molecule has 0 saturated carbocycles. The zero-order valence-corrected chi connectivity index (χ0v) is 10.0. The number of carbonyl (C=O) groups is 1. The Morgan fingerprint density at radius 2 is 1.94 bits per heavy atom. The predicted molar refractivity (Wildman–Crippen MR) is 58.5 cm³/mol. The molecule has 3 nitrogen and oxygen atoms in total. The number of carbonyl (C=O) groups excluding carboxylic acids is 1. The first-order valence-corrected chi connectivity index (χ1v) is 5.90. The van der Waals surface area contributed by atoms with E-state index in [2.05, 4.69) is 5.32 Å². The first-order chi connectivity index (χ1) is 7.87. The third-order valence-corrected chi connectivity index (χ3v) is 3.04. The zero-order chi connectivity index (χ0) is 12.9. The van der Waals surface area contributed by atoms with Gasteiger partial charge in [-0.05, 0) is 38.3 Å². The standard InChI is InChI=1S/C11H19F3N2O/c1-9(17)15-5-2-10-3-6-16(7-4-10)8-11(12,13)14/h10H,2-8H2,1H3,(H,15,17). The van der Waals surface area contributed by atoms with Crippen LogP contribution in [0.15, 0.2) is 0 Å². The van der Waals surface area contributed by atoms with Crippen LogP contribution in [0, 0.1) is 5.92 Å². The van der Waals surface area contributed by atoms with Gasteiger partial charge < -0.3 is 5.32 Å². The van der Waals surface area contributed by atoms with Gasteiger partial charge in [0.15, 0.2) is 0 Å². The van der Waals surface area contributed by atoms with Gasteiger partial charge in [-0.25, -0.2) is 0 Å². The van der Waals surface area contributed by atoms with Crippen molar-refractivity contribution in [3.8, 4) is 0 Å². The number of halogens is 3. The summed E-state index contributed by atoms with van der Waals surface area (Å²) in [5, 5.41) is 2.71. The maximum atomic E-state index is 12.1. The SMILES string of the molecule is CC(=O)NCCC1CCN(CC(F)(F)F)CC1. The molecular formula is C11H19F3N2O. The Labute approximate surface area is 99.4 Å². The average molecular weight is 252 g/mol. The number of likely N-dealkylation sites (tertiary alicyclic amines) is 1. The number of piperidine rings is 1. The molecule has 1 rings (SSSR count). The summed E-state index contributed by atoms with van der Waals surface area (Å²) in [6, 6.07) is 0. The average Bonchev–Trinajstić information content (AvgIpc) is 2.18. The molecule has 0 bridgehead atoms. The molecule has 1 amide bonds. The van der Waals surface area contributed by atoms with Crippen LogP contribution in [-0.2, 0) is 4.79 Å². The summed E-state index contributed by atoms with van der Waals surface area (Å²) in [5.41, 5.74) is 0. The number of rotatable bonds is 4. The minimum absolute atomic E-state index is 0.0560. The van der Waals surface area contributed by atoms with Gasteiger partial charge in [-0.2, -0.15) is 13.2 Å². The largest absolute Gasteiger partial charge is 0.401 e.